The lowest BCUT2D eigenvalue weighted by Gasteiger charge is -2.31. The number of benzene rings is 3. The minimum absolute atomic E-state index is 0.211. The molecule has 0 saturated carbocycles. The smallest absolute Gasteiger partial charge is 0.258 e. The normalized spacial score (nSPS) is 14.2. The summed E-state index contributed by atoms with van der Waals surface area (Å²) in [6, 6.07) is 24.9. The highest BCUT2D eigenvalue weighted by molar-refractivity contribution is 7.67. The largest absolute Gasteiger partial charge is 0.378 e. The summed E-state index contributed by atoms with van der Waals surface area (Å²) in [5.74, 6) is -0.565. The highest BCUT2D eigenvalue weighted by atomic mass is 35.5. The fraction of sp³-hybridized carbons (Fsp3) is 0.250. The van der Waals surface area contributed by atoms with Crippen LogP contribution in [0.3, 0.4) is 0 Å². The monoisotopic (exact) mass is 442 g/mol. The van der Waals surface area contributed by atoms with E-state index in [4.69, 9.17) is 16.1 Å². The molecule has 0 aliphatic heterocycles. The van der Waals surface area contributed by atoms with Crippen molar-refractivity contribution in [1.82, 2.24) is 0 Å². The van der Waals surface area contributed by atoms with Gasteiger partial charge in [0.25, 0.3) is 7.37 Å². The van der Waals surface area contributed by atoms with E-state index in [2.05, 4.69) is 5.32 Å². The number of halogens is 1. The SMILES string of the molecule is CC(C)O[P@@](=O)(c1ccc(N(C)C)cc1)[C@@H](Nc1ccccc1)c1ccc(Cl)cc1. The maximum absolute atomic E-state index is 14.6. The Morgan fingerprint density at radius 3 is 2.03 bits per heavy atom. The number of nitrogens with one attached hydrogen (secondary N) is 1. The first-order valence-electron chi connectivity index (χ1n) is 9.93. The summed E-state index contributed by atoms with van der Waals surface area (Å²) < 4.78 is 20.8. The Labute approximate surface area is 184 Å². The number of hydrogen-bond donors (Lipinski definition) is 1. The number of hydrogen-bond acceptors (Lipinski definition) is 4. The molecule has 2 atom stereocenters. The third kappa shape index (κ3) is 5.26. The zero-order valence-corrected chi connectivity index (χ0v) is 19.4. The molecule has 0 amide bonds. The summed E-state index contributed by atoms with van der Waals surface area (Å²) in [6.07, 6.45) is -0.211. The van der Waals surface area contributed by atoms with Crippen LogP contribution in [0.15, 0.2) is 78.9 Å². The second-order valence-electron chi connectivity index (χ2n) is 7.63. The van der Waals surface area contributed by atoms with E-state index >= 15 is 0 Å². The van der Waals surface area contributed by atoms with Gasteiger partial charge in [-0.25, -0.2) is 0 Å². The van der Waals surface area contributed by atoms with E-state index in [1.807, 2.05) is 112 Å². The minimum Gasteiger partial charge on any atom is -0.378 e. The first-order valence-corrected chi connectivity index (χ1v) is 12.0. The van der Waals surface area contributed by atoms with Gasteiger partial charge in [-0.1, -0.05) is 41.9 Å². The van der Waals surface area contributed by atoms with Crippen molar-refractivity contribution in [2.45, 2.75) is 25.7 Å². The first-order chi connectivity index (χ1) is 14.3. The van der Waals surface area contributed by atoms with Gasteiger partial charge in [0.2, 0.25) is 0 Å². The van der Waals surface area contributed by atoms with Gasteiger partial charge in [0.15, 0.2) is 0 Å². The van der Waals surface area contributed by atoms with Crippen LogP contribution in [0.2, 0.25) is 5.02 Å². The summed E-state index contributed by atoms with van der Waals surface area (Å²) in [6.45, 7) is 3.81. The van der Waals surface area contributed by atoms with Crippen molar-refractivity contribution in [3.63, 3.8) is 0 Å². The van der Waals surface area contributed by atoms with Crippen LogP contribution in [0.25, 0.3) is 0 Å². The lowest BCUT2D eigenvalue weighted by Crippen LogP contribution is -2.22. The molecular weight excluding hydrogens is 415 g/mol. The quantitative estimate of drug-likeness (QED) is 0.402. The van der Waals surface area contributed by atoms with E-state index in [1.165, 1.54) is 0 Å². The summed E-state index contributed by atoms with van der Waals surface area (Å²) in [5.41, 5.74) is 2.76. The van der Waals surface area contributed by atoms with E-state index in [0.29, 0.717) is 10.3 Å². The standard InChI is InChI=1S/C24H28ClN2O2P/c1-18(2)29-30(28,23-16-14-22(15-17-23)27(3)4)24(19-10-12-20(25)13-11-19)26-21-8-6-5-7-9-21/h5-18,24,26H,1-4H3/t24-,30+/m1/s1. The van der Waals surface area contributed by atoms with Crippen LogP contribution < -0.4 is 15.5 Å². The summed E-state index contributed by atoms with van der Waals surface area (Å²) in [5, 5.41) is 4.76. The van der Waals surface area contributed by atoms with Gasteiger partial charge in [-0.3, -0.25) is 4.57 Å². The van der Waals surface area contributed by atoms with Crippen LogP contribution in [0.5, 0.6) is 0 Å². The fourth-order valence-corrected chi connectivity index (χ4v) is 5.99. The first kappa shape index (κ1) is 22.4. The topological polar surface area (TPSA) is 41.6 Å². The predicted octanol–water partition coefficient (Wildman–Crippen LogP) is 6.55. The third-order valence-corrected chi connectivity index (χ3v) is 7.81. The van der Waals surface area contributed by atoms with E-state index in [1.54, 1.807) is 0 Å². The van der Waals surface area contributed by atoms with E-state index in [9.17, 15) is 4.57 Å². The number of anilines is 2. The molecule has 1 N–H and O–H groups in total. The third-order valence-electron chi connectivity index (χ3n) is 4.70. The van der Waals surface area contributed by atoms with Gasteiger partial charge in [0.1, 0.15) is 5.78 Å². The highest BCUT2D eigenvalue weighted by Crippen LogP contribution is 2.59. The van der Waals surface area contributed by atoms with E-state index in [0.717, 1.165) is 16.9 Å². The Bertz CT molecular complexity index is 990. The van der Waals surface area contributed by atoms with Crippen molar-refractivity contribution >= 4 is 35.6 Å². The summed E-state index contributed by atoms with van der Waals surface area (Å²) in [4.78, 5) is 2.01. The van der Waals surface area contributed by atoms with Crippen molar-refractivity contribution in [2.75, 3.05) is 24.3 Å². The molecule has 0 unspecified atom stereocenters. The molecule has 0 heterocycles. The van der Waals surface area contributed by atoms with Crippen LogP contribution in [-0.4, -0.2) is 20.2 Å². The van der Waals surface area contributed by atoms with Gasteiger partial charge in [-0.15, -0.1) is 0 Å². The lowest BCUT2D eigenvalue weighted by molar-refractivity contribution is 0.245. The molecule has 3 aromatic carbocycles. The Morgan fingerprint density at radius 1 is 0.900 bits per heavy atom. The molecule has 3 rings (SSSR count). The van der Waals surface area contributed by atoms with Gasteiger partial charge >= 0.3 is 0 Å². The molecule has 0 fully saturated rings. The van der Waals surface area contributed by atoms with Crippen LogP contribution in [-0.2, 0) is 9.09 Å². The Hall–Kier alpha value is -2.26. The molecule has 0 aliphatic carbocycles. The Balaban J connectivity index is 2.12. The van der Waals surface area contributed by atoms with Gasteiger partial charge in [-0.2, -0.15) is 0 Å². The van der Waals surface area contributed by atoms with Crippen molar-refractivity contribution in [3.8, 4) is 0 Å². The maximum atomic E-state index is 14.6. The molecule has 0 aromatic heterocycles. The molecule has 158 valence electrons. The van der Waals surface area contributed by atoms with Gasteiger partial charge in [0, 0.05) is 35.8 Å². The lowest BCUT2D eigenvalue weighted by atomic mass is 10.2. The highest BCUT2D eigenvalue weighted by Gasteiger charge is 2.38. The second-order valence-corrected chi connectivity index (χ2v) is 10.5. The average Bonchev–Trinajstić information content (AvgIpc) is 2.73. The minimum atomic E-state index is -3.36. The van der Waals surface area contributed by atoms with Gasteiger partial charge < -0.3 is 14.7 Å². The molecular formula is C24H28ClN2O2P. The van der Waals surface area contributed by atoms with Crippen molar-refractivity contribution in [3.05, 3.63) is 89.4 Å². The Kier molecular flexibility index (Phi) is 7.25. The Morgan fingerprint density at radius 2 is 1.50 bits per heavy atom. The van der Waals surface area contributed by atoms with Crippen molar-refractivity contribution in [1.29, 1.82) is 0 Å². The van der Waals surface area contributed by atoms with Crippen LogP contribution >= 0.6 is 19.0 Å². The number of para-hydroxylation sites is 1. The zero-order chi connectivity index (χ0) is 21.7. The molecule has 0 aliphatic rings. The molecule has 0 spiro atoms. The molecule has 30 heavy (non-hydrogen) atoms. The molecule has 6 heteroatoms. The predicted molar refractivity (Wildman–Crippen MR) is 128 cm³/mol. The molecule has 0 saturated heterocycles. The number of rotatable bonds is 8. The summed E-state index contributed by atoms with van der Waals surface area (Å²) >= 11 is 6.11. The molecule has 0 bridgehead atoms. The van der Waals surface area contributed by atoms with E-state index < -0.39 is 13.2 Å². The van der Waals surface area contributed by atoms with Crippen LogP contribution in [0, 0.1) is 0 Å². The molecule has 3 aromatic rings. The zero-order valence-electron chi connectivity index (χ0n) is 17.7. The number of nitrogens with zero attached hydrogens (tertiary/aromatic N) is 1. The van der Waals surface area contributed by atoms with E-state index in [-0.39, 0.29) is 6.10 Å². The fourth-order valence-electron chi connectivity index (χ4n) is 3.24. The maximum Gasteiger partial charge on any atom is 0.258 e. The van der Waals surface area contributed by atoms with Crippen LogP contribution in [0.4, 0.5) is 11.4 Å². The van der Waals surface area contributed by atoms with Crippen molar-refractivity contribution in [2.24, 2.45) is 0 Å². The molecule has 0 radical (unpaired) electrons. The average molecular weight is 443 g/mol. The molecule has 4 nitrogen and oxygen atoms in total. The van der Waals surface area contributed by atoms with Crippen LogP contribution in [0.1, 0.15) is 25.2 Å². The van der Waals surface area contributed by atoms with Gasteiger partial charge in [-0.05, 0) is 67.9 Å². The van der Waals surface area contributed by atoms with Crippen molar-refractivity contribution < 1.29 is 9.09 Å². The van der Waals surface area contributed by atoms with Gasteiger partial charge in [0.05, 0.1) is 6.10 Å². The summed E-state index contributed by atoms with van der Waals surface area (Å²) in [7, 11) is 0.594. The second kappa shape index (κ2) is 9.70.